The van der Waals surface area contributed by atoms with Gasteiger partial charge in [-0.25, -0.2) is 4.79 Å². The minimum atomic E-state index is -0.769. The van der Waals surface area contributed by atoms with Crippen molar-refractivity contribution in [3.8, 4) is 0 Å². The molecule has 2 aliphatic heterocycles. The number of imide groups is 1. The maximum atomic E-state index is 12.9. The molecule has 0 saturated carbocycles. The van der Waals surface area contributed by atoms with Crippen LogP contribution < -0.4 is 0 Å². The molecular weight excluding hydrogens is 326 g/mol. The highest BCUT2D eigenvalue weighted by Gasteiger charge is 2.38. The third-order valence-electron chi connectivity index (χ3n) is 4.57. The lowest BCUT2D eigenvalue weighted by molar-refractivity contribution is -0.154. The Morgan fingerprint density at radius 1 is 1.32 bits per heavy atom. The second-order valence-electron chi connectivity index (χ2n) is 6.22. The molecule has 8 heteroatoms. The molecule has 2 saturated heterocycles. The average molecular weight is 349 g/mol. The predicted octanol–water partition coefficient (Wildman–Crippen LogP) is 1.07. The quantitative estimate of drug-likeness (QED) is 0.743. The van der Waals surface area contributed by atoms with Crippen molar-refractivity contribution in [2.24, 2.45) is 0 Å². The third-order valence-corrected chi connectivity index (χ3v) is 4.57. The zero-order valence-electron chi connectivity index (χ0n) is 14.3. The number of hydrogen-bond acceptors (Lipinski definition) is 5. The van der Waals surface area contributed by atoms with E-state index in [-0.39, 0.29) is 19.2 Å². The van der Waals surface area contributed by atoms with Crippen LogP contribution in [0.25, 0.3) is 0 Å². The van der Waals surface area contributed by atoms with Crippen molar-refractivity contribution in [1.29, 1.82) is 0 Å². The molecule has 136 valence electrons. The van der Waals surface area contributed by atoms with Gasteiger partial charge in [-0.1, -0.05) is 0 Å². The first kappa shape index (κ1) is 17.5. The van der Waals surface area contributed by atoms with Crippen LogP contribution in [0.3, 0.4) is 0 Å². The third kappa shape index (κ3) is 3.84. The van der Waals surface area contributed by atoms with Crippen LogP contribution in [-0.4, -0.2) is 71.4 Å². The summed E-state index contributed by atoms with van der Waals surface area (Å²) in [6, 6.07) is 3.05. The smallest absolute Gasteiger partial charge is 0.327 e. The van der Waals surface area contributed by atoms with Crippen molar-refractivity contribution in [1.82, 2.24) is 14.7 Å². The Kier molecular flexibility index (Phi) is 5.37. The summed E-state index contributed by atoms with van der Waals surface area (Å²) < 4.78 is 11.0. The number of carbonyl (C=O) groups excluding carboxylic acids is 3. The fourth-order valence-electron chi connectivity index (χ4n) is 3.16. The maximum Gasteiger partial charge on any atom is 0.327 e. The van der Waals surface area contributed by atoms with E-state index in [0.717, 1.165) is 17.7 Å². The van der Waals surface area contributed by atoms with E-state index in [9.17, 15) is 14.4 Å². The van der Waals surface area contributed by atoms with E-state index in [1.54, 1.807) is 18.4 Å². The molecule has 2 fully saturated rings. The van der Waals surface area contributed by atoms with Gasteiger partial charge in [0.05, 0.1) is 18.9 Å². The molecular formula is C17H23N3O5. The number of carbonyl (C=O) groups is 3. The van der Waals surface area contributed by atoms with Crippen molar-refractivity contribution >= 4 is 17.8 Å². The number of nitrogens with zero attached hydrogens (tertiary/aromatic N) is 3. The Morgan fingerprint density at radius 3 is 2.80 bits per heavy atom. The lowest BCUT2D eigenvalue weighted by Gasteiger charge is -2.35. The molecule has 2 aliphatic rings. The molecule has 4 amide bonds. The molecule has 1 aromatic heterocycles. The van der Waals surface area contributed by atoms with Crippen LogP contribution in [-0.2, 0) is 20.9 Å². The first-order chi connectivity index (χ1) is 12.1. The maximum absolute atomic E-state index is 12.9. The first-order valence-electron chi connectivity index (χ1n) is 8.63. The molecule has 0 spiro atoms. The summed E-state index contributed by atoms with van der Waals surface area (Å²) in [5.41, 5.74) is 0. The standard InChI is InChI=1S/C17H23N3O5/c1-2-18-7-8-20(16(22)15(18)21)17(23)19(11-13-5-3-9-24-13)12-14-6-4-10-25-14/h3,5,9,14H,2,4,6-8,10-12H2,1H3. The first-order valence-corrected chi connectivity index (χ1v) is 8.63. The number of rotatable bonds is 5. The zero-order chi connectivity index (χ0) is 17.8. The van der Waals surface area contributed by atoms with Gasteiger partial charge in [-0.3, -0.25) is 14.5 Å². The summed E-state index contributed by atoms with van der Waals surface area (Å²) in [5, 5.41) is 0. The lowest BCUT2D eigenvalue weighted by atomic mass is 10.2. The van der Waals surface area contributed by atoms with Crippen LogP contribution in [0.15, 0.2) is 22.8 Å². The van der Waals surface area contributed by atoms with Crippen LogP contribution >= 0.6 is 0 Å². The van der Waals surface area contributed by atoms with E-state index >= 15 is 0 Å². The molecule has 0 aliphatic carbocycles. The number of urea groups is 1. The summed E-state index contributed by atoms with van der Waals surface area (Å²) in [6.07, 6.45) is 3.32. The largest absolute Gasteiger partial charge is 0.467 e. The van der Waals surface area contributed by atoms with Crippen molar-refractivity contribution < 1.29 is 23.5 Å². The number of ether oxygens (including phenoxy) is 1. The van der Waals surface area contributed by atoms with E-state index in [4.69, 9.17) is 9.15 Å². The zero-order valence-corrected chi connectivity index (χ0v) is 14.3. The molecule has 0 N–H and O–H groups in total. The SMILES string of the molecule is CCN1CCN(C(=O)N(Cc2ccco2)CC2CCCO2)C(=O)C1=O. The van der Waals surface area contributed by atoms with Crippen LogP contribution in [0.2, 0.25) is 0 Å². The molecule has 25 heavy (non-hydrogen) atoms. The normalized spacial score (nSPS) is 21.1. The Labute approximate surface area is 146 Å². The van der Waals surface area contributed by atoms with Gasteiger partial charge in [0.2, 0.25) is 0 Å². The molecule has 0 bridgehead atoms. The predicted molar refractivity (Wildman–Crippen MR) is 87.5 cm³/mol. The lowest BCUT2D eigenvalue weighted by Crippen LogP contribution is -2.59. The highest BCUT2D eigenvalue weighted by molar-refractivity contribution is 6.38. The summed E-state index contributed by atoms with van der Waals surface area (Å²) in [5.74, 6) is -0.774. The number of piperazine rings is 1. The highest BCUT2D eigenvalue weighted by Crippen LogP contribution is 2.18. The van der Waals surface area contributed by atoms with Crippen LogP contribution in [0, 0.1) is 0 Å². The summed E-state index contributed by atoms with van der Waals surface area (Å²) in [7, 11) is 0. The van der Waals surface area contributed by atoms with Crippen molar-refractivity contribution in [2.75, 3.05) is 32.8 Å². The minimum Gasteiger partial charge on any atom is -0.467 e. The average Bonchev–Trinajstić information content (AvgIpc) is 3.30. The molecule has 1 atom stereocenters. The number of likely N-dealkylation sites (N-methyl/N-ethyl adjacent to an activating group) is 1. The monoisotopic (exact) mass is 349 g/mol. The fourth-order valence-corrected chi connectivity index (χ4v) is 3.16. The highest BCUT2D eigenvalue weighted by atomic mass is 16.5. The van der Waals surface area contributed by atoms with Crippen LogP contribution in [0.5, 0.6) is 0 Å². The topological polar surface area (TPSA) is 83.3 Å². The van der Waals surface area contributed by atoms with Crippen LogP contribution in [0.1, 0.15) is 25.5 Å². The van der Waals surface area contributed by atoms with Crippen molar-refractivity contribution in [3.63, 3.8) is 0 Å². The van der Waals surface area contributed by atoms with Gasteiger partial charge in [0.1, 0.15) is 5.76 Å². The number of amides is 4. The van der Waals surface area contributed by atoms with Gasteiger partial charge in [0.25, 0.3) is 0 Å². The Balaban J connectivity index is 1.73. The van der Waals surface area contributed by atoms with Crippen molar-refractivity contribution in [3.05, 3.63) is 24.2 Å². The van der Waals surface area contributed by atoms with E-state index < -0.39 is 17.8 Å². The summed E-state index contributed by atoms with van der Waals surface area (Å²) in [6.45, 7) is 4.12. The van der Waals surface area contributed by atoms with Gasteiger partial charge in [-0.15, -0.1) is 0 Å². The molecule has 0 radical (unpaired) electrons. The number of furan rings is 1. The van der Waals surface area contributed by atoms with Gasteiger partial charge < -0.3 is 19.0 Å². The number of hydrogen-bond donors (Lipinski definition) is 0. The molecule has 8 nitrogen and oxygen atoms in total. The molecule has 3 heterocycles. The van der Waals surface area contributed by atoms with Crippen molar-refractivity contribution in [2.45, 2.75) is 32.4 Å². The molecule has 3 rings (SSSR count). The molecule has 1 unspecified atom stereocenters. The second-order valence-corrected chi connectivity index (χ2v) is 6.22. The van der Waals surface area contributed by atoms with Gasteiger partial charge in [0.15, 0.2) is 0 Å². The van der Waals surface area contributed by atoms with Crippen LogP contribution in [0.4, 0.5) is 4.79 Å². The Bertz CT molecular complexity index is 624. The molecule has 0 aromatic carbocycles. The van der Waals surface area contributed by atoms with Gasteiger partial charge in [-0.05, 0) is 31.9 Å². The van der Waals surface area contributed by atoms with E-state index in [0.29, 0.717) is 32.0 Å². The van der Waals surface area contributed by atoms with E-state index in [2.05, 4.69) is 0 Å². The second kappa shape index (κ2) is 7.69. The Hall–Kier alpha value is -2.35. The van der Waals surface area contributed by atoms with E-state index in [1.165, 1.54) is 9.80 Å². The van der Waals surface area contributed by atoms with E-state index in [1.807, 2.05) is 6.92 Å². The Morgan fingerprint density at radius 2 is 2.16 bits per heavy atom. The minimum absolute atomic E-state index is 0.0540. The van der Waals surface area contributed by atoms with Gasteiger partial charge in [0, 0.05) is 32.8 Å². The molecule has 1 aromatic rings. The summed E-state index contributed by atoms with van der Waals surface area (Å²) >= 11 is 0. The van der Waals surface area contributed by atoms with Gasteiger partial charge in [-0.2, -0.15) is 0 Å². The summed E-state index contributed by atoms with van der Waals surface area (Å²) in [4.78, 5) is 41.3. The fraction of sp³-hybridized carbons (Fsp3) is 0.588. The van der Waals surface area contributed by atoms with Gasteiger partial charge >= 0.3 is 17.8 Å².